The maximum atomic E-state index is 10.5. The molecule has 5 atom stereocenters. The number of rotatable bonds is 12. The summed E-state index contributed by atoms with van der Waals surface area (Å²) in [6.45, 7) is 2.12. The monoisotopic (exact) mass is 354 g/mol. The van der Waals surface area contributed by atoms with Gasteiger partial charge in [-0.05, 0) is 31.6 Å². The molecule has 5 heteroatoms. The lowest BCUT2D eigenvalue weighted by Gasteiger charge is -2.19. The van der Waals surface area contributed by atoms with E-state index in [0.29, 0.717) is 25.7 Å². The molecular weight excluding hydrogens is 320 g/mol. The first-order chi connectivity index (χ1) is 12.0. The Hall–Kier alpha value is -1.17. The third kappa shape index (κ3) is 8.66. The molecule has 0 amide bonds. The highest BCUT2D eigenvalue weighted by molar-refractivity contribution is 5.66. The number of carbonyl (C=O) groups is 1. The Morgan fingerprint density at radius 1 is 1.16 bits per heavy atom. The Labute approximate surface area is 151 Å². The molecule has 144 valence electrons. The van der Waals surface area contributed by atoms with E-state index in [4.69, 9.17) is 5.11 Å². The molecule has 1 aliphatic carbocycles. The van der Waals surface area contributed by atoms with E-state index in [1.54, 1.807) is 6.08 Å². The lowest BCUT2D eigenvalue weighted by molar-refractivity contribution is -0.137. The minimum Gasteiger partial charge on any atom is -0.481 e. The topological polar surface area (TPSA) is 98.0 Å². The predicted octanol–water partition coefficient (Wildman–Crippen LogP) is 3.04. The summed E-state index contributed by atoms with van der Waals surface area (Å²) in [5.41, 5.74) is 0. The molecule has 0 radical (unpaired) electrons. The second kappa shape index (κ2) is 12.2. The van der Waals surface area contributed by atoms with Gasteiger partial charge in [-0.1, -0.05) is 50.5 Å². The van der Waals surface area contributed by atoms with Gasteiger partial charge >= 0.3 is 5.97 Å². The largest absolute Gasteiger partial charge is 0.481 e. The summed E-state index contributed by atoms with van der Waals surface area (Å²) in [5.74, 6) is -1.00. The first-order valence-corrected chi connectivity index (χ1v) is 9.55. The highest BCUT2D eigenvalue weighted by Gasteiger charge is 2.39. The van der Waals surface area contributed by atoms with Gasteiger partial charge in [0.25, 0.3) is 0 Å². The predicted molar refractivity (Wildman–Crippen MR) is 98.1 cm³/mol. The lowest BCUT2D eigenvalue weighted by Crippen LogP contribution is -2.20. The summed E-state index contributed by atoms with van der Waals surface area (Å²) in [5, 5.41) is 39.0. The number of unbranched alkanes of at least 4 members (excludes halogenated alkanes) is 3. The van der Waals surface area contributed by atoms with Crippen molar-refractivity contribution in [1.29, 1.82) is 0 Å². The van der Waals surface area contributed by atoms with Crippen LogP contribution in [-0.2, 0) is 4.79 Å². The van der Waals surface area contributed by atoms with E-state index < -0.39 is 24.3 Å². The Kier molecular flexibility index (Phi) is 10.7. The highest BCUT2D eigenvalue weighted by Crippen LogP contribution is 2.36. The number of hydrogen-bond donors (Lipinski definition) is 4. The molecule has 5 nitrogen and oxygen atoms in total. The van der Waals surface area contributed by atoms with Gasteiger partial charge in [0, 0.05) is 18.8 Å². The first kappa shape index (κ1) is 21.9. The van der Waals surface area contributed by atoms with Crippen LogP contribution < -0.4 is 0 Å². The maximum absolute atomic E-state index is 10.5. The van der Waals surface area contributed by atoms with Crippen LogP contribution in [0.5, 0.6) is 0 Å². The van der Waals surface area contributed by atoms with E-state index >= 15 is 0 Å². The summed E-state index contributed by atoms with van der Waals surface area (Å²) in [4.78, 5) is 10.5. The van der Waals surface area contributed by atoms with Crippen LogP contribution in [0.15, 0.2) is 24.3 Å². The van der Waals surface area contributed by atoms with Crippen molar-refractivity contribution in [3.8, 4) is 0 Å². The van der Waals surface area contributed by atoms with E-state index in [1.165, 1.54) is 0 Å². The average Bonchev–Trinajstić information content (AvgIpc) is 2.82. The molecule has 0 heterocycles. The van der Waals surface area contributed by atoms with E-state index in [1.807, 2.05) is 18.2 Å². The summed E-state index contributed by atoms with van der Waals surface area (Å²) in [7, 11) is 0. The zero-order valence-corrected chi connectivity index (χ0v) is 15.3. The van der Waals surface area contributed by atoms with Gasteiger partial charge in [0.2, 0.25) is 0 Å². The summed E-state index contributed by atoms with van der Waals surface area (Å²) >= 11 is 0. The quantitative estimate of drug-likeness (QED) is 0.319. The third-order valence-electron chi connectivity index (χ3n) is 4.91. The molecule has 0 saturated heterocycles. The number of hydrogen-bond acceptors (Lipinski definition) is 4. The van der Waals surface area contributed by atoms with Crippen molar-refractivity contribution in [3.05, 3.63) is 24.3 Å². The van der Waals surface area contributed by atoms with Crippen molar-refractivity contribution in [2.75, 3.05) is 0 Å². The molecule has 1 rings (SSSR count). The number of aliphatic hydroxyl groups excluding tert-OH is 3. The molecule has 0 bridgehead atoms. The zero-order valence-electron chi connectivity index (χ0n) is 15.3. The summed E-state index contributed by atoms with van der Waals surface area (Å²) in [6, 6.07) is 0. The minimum atomic E-state index is -0.787. The molecule has 1 fully saturated rings. The molecule has 2 unspecified atom stereocenters. The van der Waals surface area contributed by atoms with Crippen molar-refractivity contribution >= 4 is 5.97 Å². The van der Waals surface area contributed by atoms with Crippen molar-refractivity contribution in [2.24, 2.45) is 11.8 Å². The molecule has 0 aromatic carbocycles. The van der Waals surface area contributed by atoms with Gasteiger partial charge in [-0.15, -0.1) is 0 Å². The van der Waals surface area contributed by atoms with Gasteiger partial charge in [0.1, 0.15) is 0 Å². The van der Waals surface area contributed by atoms with Gasteiger partial charge in [-0.2, -0.15) is 0 Å². The Morgan fingerprint density at radius 2 is 1.92 bits per heavy atom. The normalized spacial score (nSPS) is 28.2. The molecule has 1 saturated carbocycles. The number of carboxylic acids is 1. The van der Waals surface area contributed by atoms with Crippen LogP contribution in [0.4, 0.5) is 0 Å². The Morgan fingerprint density at radius 3 is 2.60 bits per heavy atom. The molecule has 0 aromatic rings. The van der Waals surface area contributed by atoms with Crippen molar-refractivity contribution in [2.45, 2.75) is 83.0 Å². The second-order valence-electron chi connectivity index (χ2n) is 7.05. The van der Waals surface area contributed by atoms with Gasteiger partial charge in [0.15, 0.2) is 0 Å². The van der Waals surface area contributed by atoms with Crippen LogP contribution in [0.2, 0.25) is 0 Å². The number of carboxylic acid groups (broad SMARTS) is 1. The van der Waals surface area contributed by atoms with Crippen LogP contribution in [0.25, 0.3) is 0 Å². The maximum Gasteiger partial charge on any atom is 0.303 e. The summed E-state index contributed by atoms with van der Waals surface area (Å²) in [6.07, 6.45) is 12.3. The number of aliphatic hydroxyl groups is 3. The van der Waals surface area contributed by atoms with Crippen molar-refractivity contribution in [1.82, 2.24) is 0 Å². The first-order valence-electron chi connectivity index (χ1n) is 9.55. The molecule has 0 spiro atoms. The zero-order chi connectivity index (χ0) is 18.7. The molecule has 25 heavy (non-hydrogen) atoms. The van der Waals surface area contributed by atoms with Gasteiger partial charge in [-0.25, -0.2) is 0 Å². The van der Waals surface area contributed by atoms with Gasteiger partial charge in [-0.3, -0.25) is 4.79 Å². The van der Waals surface area contributed by atoms with Crippen molar-refractivity contribution < 1.29 is 25.2 Å². The molecule has 0 aliphatic heterocycles. The standard InChI is InChI=1S/C20H34O5/c1-2-3-6-9-15(21)12-13-17-16(18(22)14-19(17)23)10-7-4-5-8-11-20(24)25/h4,7,12-13,15-19,21-23H,2-3,5-6,8-11,14H2,1H3,(H,24,25)/b7-4-,13-12+/t15-,16?,17?,18-,19+/m0/s1. The lowest BCUT2D eigenvalue weighted by atomic mass is 9.89. The van der Waals surface area contributed by atoms with Crippen LogP contribution in [0.1, 0.15) is 64.7 Å². The Bertz CT molecular complexity index is 432. The van der Waals surface area contributed by atoms with E-state index in [2.05, 4.69) is 6.92 Å². The average molecular weight is 354 g/mol. The van der Waals surface area contributed by atoms with E-state index in [0.717, 1.165) is 25.7 Å². The number of aliphatic carboxylic acids is 1. The Balaban J connectivity index is 2.46. The minimum absolute atomic E-state index is 0.0650. The fraction of sp³-hybridized carbons (Fsp3) is 0.750. The van der Waals surface area contributed by atoms with Crippen LogP contribution in [0.3, 0.4) is 0 Å². The molecule has 4 N–H and O–H groups in total. The summed E-state index contributed by atoms with van der Waals surface area (Å²) < 4.78 is 0. The second-order valence-corrected chi connectivity index (χ2v) is 7.05. The molecule has 1 aliphatic rings. The van der Waals surface area contributed by atoms with Crippen LogP contribution in [0, 0.1) is 11.8 Å². The smallest absolute Gasteiger partial charge is 0.303 e. The van der Waals surface area contributed by atoms with E-state index in [-0.39, 0.29) is 18.3 Å². The fourth-order valence-corrected chi connectivity index (χ4v) is 3.41. The van der Waals surface area contributed by atoms with E-state index in [9.17, 15) is 20.1 Å². The number of allylic oxidation sites excluding steroid dienone is 2. The van der Waals surface area contributed by atoms with Gasteiger partial charge in [0.05, 0.1) is 18.3 Å². The van der Waals surface area contributed by atoms with Crippen molar-refractivity contribution in [3.63, 3.8) is 0 Å². The highest BCUT2D eigenvalue weighted by atomic mass is 16.4. The van der Waals surface area contributed by atoms with Gasteiger partial charge < -0.3 is 20.4 Å². The van der Waals surface area contributed by atoms with Crippen LogP contribution >= 0.6 is 0 Å². The third-order valence-corrected chi connectivity index (χ3v) is 4.91. The van der Waals surface area contributed by atoms with Crippen LogP contribution in [-0.4, -0.2) is 44.7 Å². The SMILES string of the molecule is CCCCC[C@H](O)/C=C/C1C(C/C=C\CCCC(=O)O)[C@@H](O)C[C@H]1O. The molecular formula is C20H34O5. The fourth-order valence-electron chi connectivity index (χ4n) is 3.41. The molecule has 0 aromatic heterocycles.